The number of fused-ring (bicyclic) bond motifs is 1. The van der Waals surface area contributed by atoms with Crippen LogP contribution in [0.25, 0.3) is 5.57 Å². The number of aryl methyl sites for hydroxylation is 1. The van der Waals surface area contributed by atoms with Crippen LogP contribution in [0.2, 0.25) is 0 Å². The molecule has 1 aliphatic heterocycles. The zero-order chi connectivity index (χ0) is 12.8. The van der Waals surface area contributed by atoms with E-state index in [9.17, 15) is 16.8 Å². The fourth-order valence-electron chi connectivity index (χ4n) is 1.99. The lowest BCUT2D eigenvalue weighted by Crippen LogP contribution is -2.04. The molecule has 92 valence electrons. The Kier molecular flexibility index (Phi) is 2.67. The van der Waals surface area contributed by atoms with Crippen LogP contribution in [0.15, 0.2) is 28.5 Å². The zero-order valence-electron chi connectivity index (χ0n) is 9.47. The van der Waals surface area contributed by atoms with Crippen molar-refractivity contribution < 1.29 is 16.8 Å². The van der Waals surface area contributed by atoms with Gasteiger partial charge in [0.1, 0.15) is 0 Å². The molecule has 1 aromatic rings. The zero-order valence-corrected chi connectivity index (χ0v) is 11.1. The quantitative estimate of drug-likeness (QED) is 0.810. The number of benzene rings is 1. The Bertz CT molecular complexity index is 710. The lowest BCUT2D eigenvalue weighted by Gasteiger charge is -2.05. The van der Waals surface area contributed by atoms with Gasteiger partial charge in [0.2, 0.25) is 9.84 Å². The number of hydrogen-bond acceptors (Lipinski definition) is 4. The lowest BCUT2D eigenvalue weighted by atomic mass is 10.1. The molecule has 0 aliphatic carbocycles. The third-order valence-electron chi connectivity index (χ3n) is 2.56. The first-order valence-electron chi connectivity index (χ1n) is 4.94. The Labute approximate surface area is 101 Å². The van der Waals surface area contributed by atoms with Crippen molar-refractivity contribution in [1.29, 1.82) is 0 Å². The second kappa shape index (κ2) is 3.68. The van der Waals surface area contributed by atoms with Crippen molar-refractivity contribution in [3.05, 3.63) is 34.7 Å². The smallest absolute Gasteiger partial charge is 0.201 e. The van der Waals surface area contributed by atoms with E-state index in [1.54, 1.807) is 25.1 Å². The van der Waals surface area contributed by atoms with Crippen LogP contribution in [0.1, 0.15) is 11.1 Å². The van der Waals surface area contributed by atoms with Crippen molar-refractivity contribution in [1.82, 2.24) is 0 Å². The minimum absolute atomic E-state index is 0.235. The van der Waals surface area contributed by atoms with Gasteiger partial charge in [-0.1, -0.05) is 18.2 Å². The molecule has 1 heterocycles. The average Bonchev–Trinajstić information content (AvgIpc) is 2.36. The largest absolute Gasteiger partial charge is 0.229 e. The maximum Gasteiger partial charge on any atom is 0.201 e. The molecule has 0 radical (unpaired) electrons. The molecule has 0 bridgehead atoms. The molecule has 0 saturated carbocycles. The minimum atomic E-state index is -3.48. The standard InChI is InChI=1S/C11H12O4S2/c1-8-4-3-5-10-9(6-16(2,12)13)7-17(14,15)11(8)10/h3-5,7H,6H2,1-2H3. The monoisotopic (exact) mass is 272 g/mol. The predicted octanol–water partition coefficient (Wildman–Crippen LogP) is 1.17. The maximum absolute atomic E-state index is 11.9. The number of rotatable bonds is 2. The molecular formula is C11H12O4S2. The van der Waals surface area contributed by atoms with E-state index < -0.39 is 19.7 Å². The molecule has 1 aliphatic rings. The molecule has 0 spiro atoms. The number of hydrogen-bond donors (Lipinski definition) is 0. The maximum atomic E-state index is 11.9. The summed E-state index contributed by atoms with van der Waals surface area (Å²) in [6, 6.07) is 5.07. The van der Waals surface area contributed by atoms with Gasteiger partial charge in [-0.3, -0.25) is 0 Å². The van der Waals surface area contributed by atoms with Crippen LogP contribution in [-0.4, -0.2) is 28.8 Å². The van der Waals surface area contributed by atoms with Gasteiger partial charge < -0.3 is 0 Å². The van der Waals surface area contributed by atoms with Gasteiger partial charge in [0.05, 0.1) is 10.6 Å². The molecule has 17 heavy (non-hydrogen) atoms. The van der Waals surface area contributed by atoms with Gasteiger partial charge in [0.25, 0.3) is 0 Å². The van der Waals surface area contributed by atoms with E-state index in [1.807, 2.05) is 0 Å². The third kappa shape index (κ3) is 2.28. The molecule has 0 saturated heterocycles. The molecule has 0 atom stereocenters. The van der Waals surface area contributed by atoms with E-state index in [0.29, 0.717) is 16.7 Å². The first-order chi connectivity index (χ1) is 7.71. The van der Waals surface area contributed by atoms with E-state index in [0.717, 1.165) is 11.7 Å². The van der Waals surface area contributed by atoms with Crippen LogP contribution in [0.5, 0.6) is 0 Å². The van der Waals surface area contributed by atoms with E-state index in [-0.39, 0.29) is 10.6 Å². The Morgan fingerprint density at radius 3 is 2.47 bits per heavy atom. The molecule has 2 rings (SSSR count). The third-order valence-corrected chi connectivity index (χ3v) is 5.10. The van der Waals surface area contributed by atoms with Gasteiger partial charge in [0.15, 0.2) is 9.84 Å². The Morgan fingerprint density at radius 1 is 1.24 bits per heavy atom. The van der Waals surface area contributed by atoms with Crippen molar-refractivity contribution in [2.45, 2.75) is 11.8 Å². The highest BCUT2D eigenvalue weighted by Crippen LogP contribution is 2.35. The summed E-state index contributed by atoms with van der Waals surface area (Å²) in [6.07, 6.45) is 1.09. The van der Waals surface area contributed by atoms with Crippen LogP contribution >= 0.6 is 0 Å². The highest BCUT2D eigenvalue weighted by atomic mass is 32.2. The van der Waals surface area contributed by atoms with Crippen molar-refractivity contribution in [2.75, 3.05) is 12.0 Å². The predicted molar refractivity (Wildman–Crippen MR) is 66.1 cm³/mol. The van der Waals surface area contributed by atoms with E-state index in [1.165, 1.54) is 0 Å². The second-order valence-electron chi connectivity index (χ2n) is 4.21. The first kappa shape index (κ1) is 12.3. The van der Waals surface area contributed by atoms with E-state index >= 15 is 0 Å². The van der Waals surface area contributed by atoms with E-state index in [2.05, 4.69) is 0 Å². The molecule has 1 aromatic carbocycles. The van der Waals surface area contributed by atoms with Gasteiger partial charge in [-0.05, 0) is 23.6 Å². The molecule has 6 heteroatoms. The molecule has 0 fully saturated rings. The minimum Gasteiger partial charge on any atom is -0.229 e. The summed E-state index contributed by atoms with van der Waals surface area (Å²) in [6.45, 7) is 1.70. The summed E-state index contributed by atoms with van der Waals surface area (Å²) in [4.78, 5) is 0.235. The molecular weight excluding hydrogens is 260 g/mol. The van der Waals surface area contributed by atoms with Gasteiger partial charge in [-0.25, -0.2) is 16.8 Å². The molecule has 0 N–H and O–H groups in total. The van der Waals surface area contributed by atoms with Crippen LogP contribution in [0, 0.1) is 6.92 Å². The fourth-order valence-corrected chi connectivity index (χ4v) is 4.62. The summed E-state index contributed by atoms with van der Waals surface area (Å²) in [7, 11) is -6.73. The van der Waals surface area contributed by atoms with Gasteiger partial charge in [-0.2, -0.15) is 0 Å². The van der Waals surface area contributed by atoms with Gasteiger partial charge >= 0.3 is 0 Å². The number of sulfone groups is 2. The molecule has 0 amide bonds. The van der Waals surface area contributed by atoms with Gasteiger partial charge in [0, 0.05) is 11.7 Å². The highest BCUT2D eigenvalue weighted by molar-refractivity contribution is 7.95. The van der Waals surface area contributed by atoms with Crippen LogP contribution in [-0.2, 0) is 19.7 Å². The summed E-state index contributed by atoms with van der Waals surface area (Å²) in [5.74, 6) is -0.247. The lowest BCUT2D eigenvalue weighted by molar-refractivity contribution is 0.603. The first-order valence-corrected chi connectivity index (χ1v) is 8.55. The van der Waals surface area contributed by atoms with Crippen LogP contribution < -0.4 is 0 Å². The normalized spacial score (nSPS) is 17.6. The van der Waals surface area contributed by atoms with Crippen molar-refractivity contribution in [3.8, 4) is 0 Å². The fraction of sp³-hybridized carbons (Fsp3) is 0.273. The molecule has 0 aromatic heterocycles. The molecule has 4 nitrogen and oxygen atoms in total. The van der Waals surface area contributed by atoms with Crippen molar-refractivity contribution in [3.63, 3.8) is 0 Å². The van der Waals surface area contributed by atoms with Crippen molar-refractivity contribution >= 4 is 25.2 Å². The summed E-state index contributed by atoms with van der Waals surface area (Å²) < 4.78 is 46.3. The highest BCUT2D eigenvalue weighted by Gasteiger charge is 2.29. The van der Waals surface area contributed by atoms with Crippen LogP contribution in [0.3, 0.4) is 0 Å². The SMILES string of the molecule is Cc1cccc2c1S(=O)(=O)C=C2CS(C)(=O)=O. The second-order valence-corrected chi connectivity index (χ2v) is 8.08. The molecule has 0 unspecified atom stereocenters. The summed E-state index contributed by atoms with van der Waals surface area (Å²) in [5, 5.41) is 1.06. The Morgan fingerprint density at radius 2 is 1.88 bits per heavy atom. The van der Waals surface area contributed by atoms with E-state index in [4.69, 9.17) is 0 Å². The van der Waals surface area contributed by atoms with Crippen molar-refractivity contribution in [2.24, 2.45) is 0 Å². The summed E-state index contributed by atoms with van der Waals surface area (Å²) in [5.41, 5.74) is 1.50. The Hall–Kier alpha value is -1.14. The topological polar surface area (TPSA) is 68.3 Å². The average molecular weight is 272 g/mol. The summed E-state index contributed by atoms with van der Waals surface area (Å²) >= 11 is 0. The van der Waals surface area contributed by atoms with Gasteiger partial charge in [-0.15, -0.1) is 0 Å². The Balaban J connectivity index is 2.67. The van der Waals surface area contributed by atoms with Crippen LogP contribution in [0.4, 0.5) is 0 Å².